The molecule has 0 spiro atoms. The van der Waals surface area contributed by atoms with Gasteiger partial charge < -0.3 is 10.0 Å². The Labute approximate surface area is 148 Å². The van der Waals surface area contributed by atoms with E-state index in [1.54, 1.807) is 15.8 Å². The predicted octanol–water partition coefficient (Wildman–Crippen LogP) is 1.90. The van der Waals surface area contributed by atoms with Gasteiger partial charge in [-0.2, -0.15) is 0 Å². The van der Waals surface area contributed by atoms with E-state index in [0.717, 1.165) is 12.1 Å². The van der Waals surface area contributed by atoms with E-state index in [0.29, 0.717) is 36.2 Å². The number of halogens is 2. The number of carbonyl (C=O) groups is 2. The number of aliphatic carboxylic acids is 1. The molecule has 0 saturated heterocycles. The van der Waals surface area contributed by atoms with Crippen LogP contribution < -0.4 is 0 Å². The molecule has 1 aliphatic heterocycles. The van der Waals surface area contributed by atoms with Crippen LogP contribution in [0.3, 0.4) is 0 Å². The minimum Gasteiger partial charge on any atom is -0.481 e. The van der Waals surface area contributed by atoms with Crippen LogP contribution in [0.1, 0.15) is 36.1 Å². The molecule has 0 atom stereocenters. The molecule has 2 heterocycles. The Morgan fingerprint density at radius 1 is 1.12 bits per heavy atom. The maximum Gasteiger partial charge on any atom is 0.303 e. The second kappa shape index (κ2) is 7.59. The minimum atomic E-state index is -0.900. The first kappa shape index (κ1) is 18.0. The van der Waals surface area contributed by atoms with Gasteiger partial charge in [0.2, 0.25) is 5.91 Å². The zero-order valence-corrected chi connectivity index (χ0v) is 14.0. The zero-order valence-electron chi connectivity index (χ0n) is 14.0. The van der Waals surface area contributed by atoms with Crippen LogP contribution in [0.25, 0.3) is 0 Å². The molecule has 2 aromatic rings. The average Bonchev–Trinajstić information content (AvgIpc) is 3.20. The maximum atomic E-state index is 13.3. The second-order valence-corrected chi connectivity index (χ2v) is 6.26. The van der Waals surface area contributed by atoms with Crippen molar-refractivity contribution in [3.63, 3.8) is 0 Å². The highest BCUT2D eigenvalue weighted by atomic mass is 19.2. The maximum absolute atomic E-state index is 13.3. The Morgan fingerprint density at radius 3 is 2.38 bits per heavy atom. The van der Waals surface area contributed by atoms with E-state index in [1.165, 1.54) is 0 Å². The van der Waals surface area contributed by atoms with Crippen LogP contribution in [0, 0.1) is 11.6 Å². The molecule has 0 fully saturated rings. The summed E-state index contributed by atoms with van der Waals surface area (Å²) in [6.45, 7) is 1.05. The lowest BCUT2D eigenvalue weighted by Crippen LogP contribution is -2.25. The lowest BCUT2D eigenvalue weighted by molar-refractivity contribution is -0.137. The van der Waals surface area contributed by atoms with Crippen molar-refractivity contribution < 1.29 is 23.5 Å². The summed E-state index contributed by atoms with van der Waals surface area (Å²) in [5.41, 5.74) is 1.87. The molecule has 0 saturated carbocycles. The third-order valence-corrected chi connectivity index (χ3v) is 4.28. The molecule has 1 amide bonds. The van der Waals surface area contributed by atoms with Gasteiger partial charge in [-0.05, 0) is 29.7 Å². The monoisotopic (exact) mass is 364 g/mol. The largest absolute Gasteiger partial charge is 0.481 e. The van der Waals surface area contributed by atoms with E-state index >= 15 is 0 Å². The number of aromatic nitrogens is 3. The third kappa shape index (κ3) is 4.22. The standard InChI is InChI=1S/C17H18F2N4O3/c18-14-6-11-8-22(9-12(11)7-15(14)19)16(24)2-1-5-23-10-13(20-21-23)3-4-17(25)26/h6-7,10H,1-5,8-9H2,(H,25,26). The van der Waals surface area contributed by atoms with Crippen LogP contribution >= 0.6 is 0 Å². The van der Waals surface area contributed by atoms with Crippen LogP contribution in [-0.2, 0) is 35.6 Å². The summed E-state index contributed by atoms with van der Waals surface area (Å²) in [4.78, 5) is 24.4. The number of fused-ring (bicyclic) bond motifs is 1. The molecule has 138 valence electrons. The molecule has 1 aromatic carbocycles. The quantitative estimate of drug-likeness (QED) is 0.811. The number of amides is 1. The van der Waals surface area contributed by atoms with Crippen LogP contribution in [0.15, 0.2) is 18.3 Å². The molecule has 7 nitrogen and oxygen atoms in total. The molecule has 9 heteroatoms. The van der Waals surface area contributed by atoms with Gasteiger partial charge >= 0.3 is 5.97 Å². The van der Waals surface area contributed by atoms with E-state index < -0.39 is 17.6 Å². The number of benzene rings is 1. The molecular weight excluding hydrogens is 346 g/mol. The van der Waals surface area contributed by atoms with Crippen LogP contribution in [0.4, 0.5) is 8.78 Å². The SMILES string of the molecule is O=C(O)CCc1cn(CCCC(=O)N2Cc3cc(F)c(F)cc3C2)nn1. The van der Waals surface area contributed by atoms with Crippen molar-refractivity contribution in [3.05, 3.63) is 46.8 Å². The average molecular weight is 364 g/mol. The second-order valence-electron chi connectivity index (χ2n) is 6.26. The number of hydrogen-bond acceptors (Lipinski definition) is 4. The van der Waals surface area contributed by atoms with Gasteiger partial charge in [0.1, 0.15) is 0 Å². The molecular formula is C17H18F2N4O3. The van der Waals surface area contributed by atoms with Gasteiger partial charge in [0.05, 0.1) is 12.1 Å². The fourth-order valence-corrected chi connectivity index (χ4v) is 2.91. The van der Waals surface area contributed by atoms with Gasteiger partial charge in [-0.3, -0.25) is 14.3 Å². The van der Waals surface area contributed by atoms with Gasteiger partial charge in [0.15, 0.2) is 11.6 Å². The summed E-state index contributed by atoms with van der Waals surface area (Å²) >= 11 is 0. The number of aryl methyl sites for hydroxylation is 2. The summed E-state index contributed by atoms with van der Waals surface area (Å²) in [6.07, 6.45) is 2.80. The minimum absolute atomic E-state index is 0.00606. The Morgan fingerprint density at radius 2 is 1.77 bits per heavy atom. The number of carbonyl (C=O) groups excluding carboxylic acids is 1. The molecule has 0 unspecified atom stereocenters. The Bertz CT molecular complexity index is 806. The van der Waals surface area contributed by atoms with E-state index in [9.17, 15) is 18.4 Å². The molecule has 0 bridgehead atoms. The summed E-state index contributed by atoms with van der Waals surface area (Å²) < 4.78 is 28.1. The van der Waals surface area contributed by atoms with Crippen molar-refractivity contribution >= 4 is 11.9 Å². The van der Waals surface area contributed by atoms with Gasteiger partial charge in [0, 0.05) is 38.7 Å². The molecule has 1 aliphatic rings. The molecule has 1 aromatic heterocycles. The fraction of sp³-hybridized carbons (Fsp3) is 0.412. The number of hydrogen-bond donors (Lipinski definition) is 1. The Balaban J connectivity index is 1.46. The van der Waals surface area contributed by atoms with Gasteiger partial charge in [-0.25, -0.2) is 8.78 Å². The van der Waals surface area contributed by atoms with Crippen molar-refractivity contribution in [2.75, 3.05) is 0 Å². The topological polar surface area (TPSA) is 88.3 Å². The lowest BCUT2D eigenvalue weighted by Gasteiger charge is -2.15. The summed E-state index contributed by atoms with van der Waals surface area (Å²) in [7, 11) is 0. The van der Waals surface area contributed by atoms with Crippen molar-refractivity contribution in [3.8, 4) is 0 Å². The normalized spacial score (nSPS) is 13.1. The molecule has 1 N–H and O–H groups in total. The van der Waals surface area contributed by atoms with Crippen molar-refractivity contribution in [2.24, 2.45) is 0 Å². The highest BCUT2D eigenvalue weighted by Gasteiger charge is 2.24. The molecule has 0 radical (unpaired) electrons. The smallest absolute Gasteiger partial charge is 0.303 e. The number of carboxylic acid groups (broad SMARTS) is 1. The molecule has 3 rings (SSSR count). The van der Waals surface area contributed by atoms with Crippen molar-refractivity contribution in [2.45, 2.75) is 45.3 Å². The zero-order chi connectivity index (χ0) is 18.7. The van der Waals surface area contributed by atoms with E-state index in [2.05, 4.69) is 10.3 Å². The first-order valence-corrected chi connectivity index (χ1v) is 8.28. The summed E-state index contributed by atoms with van der Waals surface area (Å²) in [5.74, 6) is -2.78. The predicted molar refractivity (Wildman–Crippen MR) is 85.8 cm³/mol. The van der Waals surface area contributed by atoms with Gasteiger partial charge in [0.25, 0.3) is 0 Å². The third-order valence-electron chi connectivity index (χ3n) is 4.28. The van der Waals surface area contributed by atoms with Crippen LogP contribution in [-0.4, -0.2) is 36.9 Å². The van der Waals surface area contributed by atoms with E-state index in [4.69, 9.17) is 5.11 Å². The van der Waals surface area contributed by atoms with Crippen molar-refractivity contribution in [1.29, 1.82) is 0 Å². The summed E-state index contributed by atoms with van der Waals surface area (Å²) in [5, 5.41) is 16.4. The summed E-state index contributed by atoms with van der Waals surface area (Å²) in [6, 6.07) is 2.29. The van der Waals surface area contributed by atoms with E-state index in [1.807, 2.05) is 0 Å². The number of nitrogens with zero attached hydrogens (tertiary/aromatic N) is 4. The Kier molecular flexibility index (Phi) is 5.24. The lowest BCUT2D eigenvalue weighted by atomic mass is 10.1. The first-order chi connectivity index (χ1) is 12.4. The van der Waals surface area contributed by atoms with Crippen molar-refractivity contribution in [1.82, 2.24) is 19.9 Å². The highest BCUT2D eigenvalue weighted by Crippen LogP contribution is 2.25. The molecule has 0 aliphatic carbocycles. The van der Waals surface area contributed by atoms with Crippen LogP contribution in [0.5, 0.6) is 0 Å². The van der Waals surface area contributed by atoms with Gasteiger partial charge in [-0.15, -0.1) is 5.10 Å². The fourth-order valence-electron chi connectivity index (χ4n) is 2.91. The van der Waals surface area contributed by atoms with Crippen LogP contribution in [0.2, 0.25) is 0 Å². The number of rotatable bonds is 7. The first-order valence-electron chi connectivity index (χ1n) is 8.28. The van der Waals surface area contributed by atoms with E-state index in [-0.39, 0.29) is 31.8 Å². The van der Waals surface area contributed by atoms with Gasteiger partial charge in [-0.1, -0.05) is 5.21 Å². The Hall–Kier alpha value is -2.84. The molecule has 26 heavy (non-hydrogen) atoms. The highest BCUT2D eigenvalue weighted by molar-refractivity contribution is 5.76. The number of carboxylic acids is 1.